The molecule has 172 valence electrons. The molecule has 1 aliphatic rings. The highest BCUT2D eigenvalue weighted by Crippen LogP contribution is 2.36. The fourth-order valence-electron chi connectivity index (χ4n) is 3.37. The molecule has 34 heavy (non-hydrogen) atoms. The Morgan fingerprint density at radius 3 is 2.47 bits per heavy atom. The summed E-state index contributed by atoms with van der Waals surface area (Å²) < 4.78 is 0. The molecule has 1 aromatic carbocycles. The maximum atomic E-state index is 12.4. The summed E-state index contributed by atoms with van der Waals surface area (Å²) in [6.07, 6.45) is 6.16. The summed E-state index contributed by atoms with van der Waals surface area (Å²) in [5.74, 6) is 0.255. The molecule has 11 heteroatoms. The number of amides is 1. The van der Waals surface area contributed by atoms with E-state index < -0.39 is 10.8 Å². The number of aromatic nitrogens is 2. The highest BCUT2D eigenvalue weighted by molar-refractivity contribution is 6.36. The number of halogens is 2. The van der Waals surface area contributed by atoms with Gasteiger partial charge in [0, 0.05) is 36.0 Å². The number of pyridine rings is 2. The third kappa shape index (κ3) is 5.38. The number of hydrogen-bond donors (Lipinski definition) is 2. The van der Waals surface area contributed by atoms with Crippen LogP contribution in [0.2, 0.25) is 10.0 Å². The van der Waals surface area contributed by atoms with Crippen LogP contribution in [-0.4, -0.2) is 40.1 Å². The van der Waals surface area contributed by atoms with Gasteiger partial charge >= 0.3 is 0 Å². The van der Waals surface area contributed by atoms with Crippen molar-refractivity contribution in [2.24, 2.45) is 4.99 Å². The maximum Gasteiger partial charge on any atom is 0.287 e. The number of allylic oxidation sites excluding steroid dienone is 1. The first-order valence-corrected chi connectivity index (χ1v) is 11.0. The van der Waals surface area contributed by atoms with Crippen molar-refractivity contribution in [3.05, 3.63) is 86.5 Å². The lowest BCUT2D eigenvalue weighted by Gasteiger charge is -2.18. The van der Waals surface area contributed by atoms with Gasteiger partial charge < -0.3 is 10.6 Å². The fraction of sp³-hybridized carbons (Fsp3) is 0.130. The molecular formula is C23H18Cl2N6O3. The van der Waals surface area contributed by atoms with Gasteiger partial charge in [0.25, 0.3) is 11.6 Å². The lowest BCUT2D eigenvalue weighted by Crippen LogP contribution is -2.16. The standard InChI is InChI=1S/C23H18Cl2N6O3/c24-14-3-5-18(19(25)12-14)22-16(17-2-1-9-28-23(17)32)6-8-21(30-22)27-11-10-26-20-7-4-15(13-29-20)31(33)34/h1-9,12-13,17H,10-11H2,(H,26,29)(H,27,30). The first kappa shape index (κ1) is 23.3. The van der Waals surface area contributed by atoms with Gasteiger partial charge in [-0.2, -0.15) is 0 Å². The number of hydrogen-bond acceptors (Lipinski definition) is 7. The SMILES string of the molecule is O=C1N=CC=CC1c1ccc(NCCNc2ccc([N+](=O)[O-])cn2)nc1-c1ccc(Cl)cc1Cl. The number of nitrogens with zero attached hydrogens (tertiary/aromatic N) is 4. The lowest BCUT2D eigenvalue weighted by atomic mass is 9.92. The van der Waals surface area contributed by atoms with Crippen LogP contribution in [-0.2, 0) is 4.79 Å². The maximum absolute atomic E-state index is 12.4. The summed E-state index contributed by atoms with van der Waals surface area (Å²) >= 11 is 12.5. The summed E-state index contributed by atoms with van der Waals surface area (Å²) in [4.78, 5) is 35.3. The topological polar surface area (TPSA) is 122 Å². The van der Waals surface area contributed by atoms with E-state index in [9.17, 15) is 14.9 Å². The number of aliphatic imine (C=N–C) groups is 1. The Hall–Kier alpha value is -3.82. The number of carbonyl (C=O) groups is 1. The fourth-order valence-corrected chi connectivity index (χ4v) is 3.87. The van der Waals surface area contributed by atoms with Gasteiger partial charge in [-0.25, -0.2) is 15.0 Å². The molecule has 2 aromatic heterocycles. The zero-order valence-corrected chi connectivity index (χ0v) is 19.1. The van der Waals surface area contributed by atoms with Crippen molar-refractivity contribution >= 4 is 52.6 Å². The van der Waals surface area contributed by atoms with Crippen LogP contribution in [0.15, 0.2) is 65.8 Å². The predicted octanol–water partition coefficient (Wildman–Crippen LogP) is 5.13. The third-order valence-electron chi connectivity index (χ3n) is 5.00. The summed E-state index contributed by atoms with van der Waals surface area (Å²) in [5.41, 5.74) is 1.81. The van der Waals surface area contributed by atoms with E-state index in [-0.39, 0.29) is 11.6 Å². The Morgan fingerprint density at radius 2 is 1.79 bits per heavy atom. The van der Waals surface area contributed by atoms with Crippen LogP contribution in [0.25, 0.3) is 11.3 Å². The molecule has 3 aromatic rings. The molecule has 0 saturated heterocycles. The molecule has 4 rings (SSSR count). The minimum Gasteiger partial charge on any atom is -0.368 e. The molecule has 0 spiro atoms. The van der Waals surface area contributed by atoms with E-state index in [0.29, 0.717) is 51.6 Å². The van der Waals surface area contributed by atoms with E-state index in [1.807, 2.05) is 6.07 Å². The molecule has 0 radical (unpaired) electrons. The molecule has 0 bridgehead atoms. The minimum absolute atomic E-state index is 0.0710. The summed E-state index contributed by atoms with van der Waals surface area (Å²) in [7, 11) is 0. The molecule has 0 aliphatic carbocycles. The van der Waals surface area contributed by atoms with Crippen LogP contribution in [0.1, 0.15) is 11.5 Å². The second-order valence-corrected chi connectivity index (χ2v) is 8.09. The monoisotopic (exact) mass is 496 g/mol. The molecular weight excluding hydrogens is 479 g/mol. The Morgan fingerprint density at radius 1 is 1.03 bits per heavy atom. The average Bonchev–Trinajstić information content (AvgIpc) is 2.83. The van der Waals surface area contributed by atoms with E-state index in [2.05, 4.69) is 20.6 Å². The normalized spacial score (nSPS) is 14.8. The van der Waals surface area contributed by atoms with Gasteiger partial charge in [-0.3, -0.25) is 14.9 Å². The van der Waals surface area contributed by atoms with E-state index >= 15 is 0 Å². The Balaban J connectivity index is 1.52. The molecule has 0 saturated carbocycles. The number of carbonyl (C=O) groups excluding carboxylic acids is 1. The third-order valence-corrected chi connectivity index (χ3v) is 5.55. The zero-order chi connectivity index (χ0) is 24.1. The lowest BCUT2D eigenvalue weighted by molar-refractivity contribution is -0.385. The van der Waals surface area contributed by atoms with Gasteiger partial charge in [0.1, 0.15) is 17.8 Å². The first-order chi connectivity index (χ1) is 16.4. The first-order valence-electron chi connectivity index (χ1n) is 10.2. The predicted molar refractivity (Wildman–Crippen MR) is 133 cm³/mol. The van der Waals surface area contributed by atoms with Gasteiger partial charge in [-0.05, 0) is 42.0 Å². The van der Waals surface area contributed by atoms with Gasteiger partial charge in [0.15, 0.2) is 0 Å². The van der Waals surface area contributed by atoms with Crippen LogP contribution in [0.3, 0.4) is 0 Å². The quantitative estimate of drug-likeness (QED) is 0.251. The summed E-state index contributed by atoms with van der Waals surface area (Å²) in [6.45, 7) is 0.981. The molecule has 1 atom stereocenters. The summed E-state index contributed by atoms with van der Waals surface area (Å²) in [5, 5.41) is 17.9. The highest BCUT2D eigenvalue weighted by atomic mass is 35.5. The van der Waals surface area contributed by atoms with Crippen molar-refractivity contribution in [2.75, 3.05) is 23.7 Å². The van der Waals surface area contributed by atoms with Crippen molar-refractivity contribution in [1.29, 1.82) is 0 Å². The van der Waals surface area contributed by atoms with Crippen molar-refractivity contribution in [1.82, 2.24) is 9.97 Å². The number of anilines is 2. The van der Waals surface area contributed by atoms with Gasteiger partial charge in [0.2, 0.25) is 0 Å². The smallest absolute Gasteiger partial charge is 0.287 e. The number of rotatable bonds is 8. The Kier molecular flexibility index (Phi) is 7.15. The Labute approximate surface area is 204 Å². The van der Waals surface area contributed by atoms with Crippen LogP contribution in [0, 0.1) is 10.1 Å². The largest absolute Gasteiger partial charge is 0.368 e. The van der Waals surface area contributed by atoms with E-state index in [4.69, 9.17) is 28.2 Å². The zero-order valence-electron chi connectivity index (χ0n) is 17.6. The molecule has 2 N–H and O–H groups in total. The van der Waals surface area contributed by atoms with Crippen LogP contribution in [0.4, 0.5) is 17.3 Å². The van der Waals surface area contributed by atoms with Gasteiger partial charge in [-0.1, -0.05) is 35.3 Å². The van der Waals surface area contributed by atoms with Gasteiger partial charge in [0.05, 0.1) is 21.6 Å². The van der Waals surface area contributed by atoms with Crippen LogP contribution < -0.4 is 10.6 Å². The molecule has 1 amide bonds. The number of nitrogens with one attached hydrogen (secondary N) is 2. The van der Waals surface area contributed by atoms with Crippen LogP contribution >= 0.6 is 23.2 Å². The highest BCUT2D eigenvalue weighted by Gasteiger charge is 2.24. The second kappa shape index (κ2) is 10.4. The number of benzene rings is 1. The number of nitro groups is 1. The van der Waals surface area contributed by atoms with Crippen molar-refractivity contribution in [2.45, 2.75) is 5.92 Å². The van der Waals surface area contributed by atoms with Crippen molar-refractivity contribution in [3.8, 4) is 11.3 Å². The second-order valence-electron chi connectivity index (χ2n) is 7.25. The summed E-state index contributed by atoms with van der Waals surface area (Å²) in [6, 6.07) is 11.6. The minimum atomic E-state index is -0.567. The van der Waals surface area contributed by atoms with E-state index in [1.165, 1.54) is 18.5 Å². The number of dihydropyridines is 1. The van der Waals surface area contributed by atoms with Crippen molar-refractivity contribution < 1.29 is 9.72 Å². The molecule has 1 aliphatic heterocycles. The molecule has 0 fully saturated rings. The van der Waals surface area contributed by atoms with Gasteiger partial charge in [-0.15, -0.1) is 0 Å². The van der Waals surface area contributed by atoms with E-state index in [1.54, 1.807) is 42.5 Å². The van der Waals surface area contributed by atoms with Crippen LogP contribution in [0.5, 0.6) is 0 Å². The molecule has 1 unspecified atom stereocenters. The molecule has 3 heterocycles. The van der Waals surface area contributed by atoms with Crippen molar-refractivity contribution in [3.63, 3.8) is 0 Å². The Bertz CT molecular complexity index is 1290. The average molecular weight is 497 g/mol. The van der Waals surface area contributed by atoms with E-state index in [0.717, 1.165) is 0 Å². The molecule has 9 nitrogen and oxygen atoms in total.